The van der Waals surface area contributed by atoms with Crippen LogP contribution >= 0.6 is 15.9 Å². The minimum Gasteiger partial charge on any atom is -0.351 e. The molecule has 20 heavy (non-hydrogen) atoms. The minimum atomic E-state index is -4.46. The number of nitrogens with one attached hydrogen (secondary N) is 2. The SMILES string of the molecule is O=C(NCCNC1CC1)c1cc(C(F)(F)F)ccc1Br. The monoisotopic (exact) mass is 350 g/mol. The molecule has 2 N–H and O–H groups in total. The van der Waals surface area contributed by atoms with E-state index in [0.29, 0.717) is 23.6 Å². The number of carbonyl (C=O) groups is 1. The molecule has 3 nitrogen and oxygen atoms in total. The van der Waals surface area contributed by atoms with Crippen LogP contribution in [0.2, 0.25) is 0 Å². The highest BCUT2D eigenvalue weighted by Gasteiger charge is 2.31. The summed E-state index contributed by atoms with van der Waals surface area (Å²) >= 11 is 3.10. The van der Waals surface area contributed by atoms with E-state index in [-0.39, 0.29) is 5.56 Å². The maximum absolute atomic E-state index is 12.6. The fourth-order valence-electron chi connectivity index (χ4n) is 1.71. The maximum atomic E-state index is 12.6. The zero-order valence-corrected chi connectivity index (χ0v) is 12.1. The molecule has 0 aromatic heterocycles. The van der Waals surface area contributed by atoms with Crippen molar-refractivity contribution >= 4 is 21.8 Å². The van der Waals surface area contributed by atoms with Crippen molar-refractivity contribution in [2.24, 2.45) is 0 Å². The number of hydrogen-bond acceptors (Lipinski definition) is 2. The molecular weight excluding hydrogens is 337 g/mol. The van der Waals surface area contributed by atoms with Crippen molar-refractivity contribution in [3.05, 3.63) is 33.8 Å². The quantitative estimate of drug-likeness (QED) is 0.801. The van der Waals surface area contributed by atoms with Gasteiger partial charge in [-0.25, -0.2) is 0 Å². The van der Waals surface area contributed by atoms with E-state index in [1.807, 2.05) is 0 Å². The van der Waals surface area contributed by atoms with Gasteiger partial charge < -0.3 is 10.6 Å². The van der Waals surface area contributed by atoms with Crippen LogP contribution in [-0.2, 0) is 6.18 Å². The summed E-state index contributed by atoms with van der Waals surface area (Å²) in [5.74, 6) is -0.513. The van der Waals surface area contributed by atoms with Gasteiger partial charge in [0.2, 0.25) is 0 Å². The predicted octanol–water partition coefficient (Wildman–Crippen LogP) is 2.95. The molecule has 0 spiro atoms. The Kier molecular flexibility index (Phi) is 4.70. The van der Waals surface area contributed by atoms with Crippen molar-refractivity contribution < 1.29 is 18.0 Å². The van der Waals surface area contributed by atoms with Gasteiger partial charge in [-0.1, -0.05) is 0 Å². The van der Waals surface area contributed by atoms with Gasteiger partial charge in [0.1, 0.15) is 0 Å². The first-order chi connectivity index (χ1) is 9.38. The maximum Gasteiger partial charge on any atom is 0.416 e. The van der Waals surface area contributed by atoms with Gasteiger partial charge in [0, 0.05) is 23.6 Å². The molecule has 1 aliphatic rings. The van der Waals surface area contributed by atoms with Crippen LogP contribution in [-0.4, -0.2) is 25.0 Å². The molecule has 1 aliphatic carbocycles. The number of rotatable bonds is 5. The summed E-state index contributed by atoms with van der Waals surface area (Å²) in [5.41, 5.74) is -0.840. The van der Waals surface area contributed by atoms with Gasteiger partial charge >= 0.3 is 6.18 Å². The fourth-order valence-corrected chi connectivity index (χ4v) is 2.14. The van der Waals surface area contributed by atoms with Crippen molar-refractivity contribution in [1.82, 2.24) is 10.6 Å². The average Bonchev–Trinajstić information content (AvgIpc) is 3.17. The summed E-state index contributed by atoms with van der Waals surface area (Å²) in [5, 5.41) is 5.81. The van der Waals surface area contributed by atoms with E-state index in [0.717, 1.165) is 25.0 Å². The molecule has 0 saturated heterocycles. The van der Waals surface area contributed by atoms with Gasteiger partial charge in [-0.15, -0.1) is 0 Å². The van der Waals surface area contributed by atoms with Crippen molar-refractivity contribution in [1.29, 1.82) is 0 Å². The second-order valence-corrected chi connectivity index (χ2v) is 5.53. The second kappa shape index (κ2) is 6.13. The number of hydrogen-bond donors (Lipinski definition) is 2. The highest BCUT2D eigenvalue weighted by molar-refractivity contribution is 9.10. The summed E-state index contributed by atoms with van der Waals surface area (Å²) in [6.07, 6.45) is -2.16. The Balaban J connectivity index is 1.96. The molecule has 7 heteroatoms. The Morgan fingerprint density at radius 2 is 2.00 bits per heavy atom. The lowest BCUT2D eigenvalue weighted by molar-refractivity contribution is -0.137. The number of halogens is 4. The molecule has 1 fully saturated rings. The molecule has 0 aliphatic heterocycles. The topological polar surface area (TPSA) is 41.1 Å². The van der Waals surface area contributed by atoms with Gasteiger partial charge in [0.05, 0.1) is 11.1 Å². The molecule has 2 rings (SSSR count). The summed E-state index contributed by atoms with van der Waals surface area (Å²) in [6, 6.07) is 3.57. The number of alkyl halides is 3. The van der Waals surface area contributed by atoms with E-state index < -0.39 is 17.6 Å². The van der Waals surface area contributed by atoms with Crippen LogP contribution in [0, 0.1) is 0 Å². The van der Waals surface area contributed by atoms with Gasteiger partial charge in [-0.05, 0) is 47.0 Å². The Labute approximate surface area is 123 Å². The van der Waals surface area contributed by atoms with Crippen LogP contribution in [0.5, 0.6) is 0 Å². The van der Waals surface area contributed by atoms with Crippen LogP contribution in [0.15, 0.2) is 22.7 Å². The molecule has 0 heterocycles. The molecular formula is C13H14BrF3N2O. The van der Waals surface area contributed by atoms with Crippen molar-refractivity contribution in [2.75, 3.05) is 13.1 Å². The highest BCUT2D eigenvalue weighted by atomic mass is 79.9. The predicted molar refractivity (Wildman–Crippen MR) is 72.5 cm³/mol. The van der Waals surface area contributed by atoms with Gasteiger partial charge in [-0.2, -0.15) is 13.2 Å². The van der Waals surface area contributed by atoms with E-state index in [4.69, 9.17) is 0 Å². The smallest absolute Gasteiger partial charge is 0.351 e. The lowest BCUT2D eigenvalue weighted by atomic mass is 10.1. The van der Waals surface area contributed by atoms with Crippen LogP contribution in [0.1, 0.15) is 28.8 Å². The number of amides is 1. The highest BCUT2D eigenvalue weighted by Crippen LogP contribution is 2.31. The van der Waals surface area contributed by atoms with E-state index in [1.54, 1.807) is 0 Å². The minimum absolute atomic E-state index is 0.00810. The molecule has 1 amide bonds. The summed E-state index contributed by atoms with van der Waals surface area (Å²) in [6.45, 7) is 1.00. The standard InChI is InChI=1S/C13H14BrF3N2O/c14-11-4-1-8(13(15,16)17)7-10(11)12(20)19-6-5-18-9-2-3-9/h1,4,7,9,18H,2-3,5-6H2,(H,19,20). The zero-order valence-electron chi connectivity index (χ0n) is 10.6. The molecule has 0 atom stereocenters. The van der Waals surface area contributed by atoms with Gasteiger partial charge in [0.15, 0.2) is 0 Å². The lowest BCUT2D eigenvalue weighted by Crippen LogP contribution is -2.33. The molecule has 110 valence electrons. The fraction of sp³-hybridized carbons (Fsp3) is 0.462. The number of carbonyl (C=O) groups excluding carboxylic acids is 1. The summed E-state index contributed by atoms with van der Waals surface area (Å²) in [7, 11) is 0. The first kappa shape index (κ1) is 15.3. The molecule has 1 aromatic rings. The van der Waals surface area contributed by atoms with Crippen molar-refractivity contribution in [3.8, 4) is 0 Å². The molecule has 1 saturated carbocycles. The van der Waals surface area contributed by atoms with Crippen molar-refractivity contribution in [2.45, 2.75) is 25.1 Å². The zero-order chi connectivity index (χ0) is 14.8. The van der Waals surface area contributed by atoms with Crippen LogP contribution in [0.25, 0.3) is 0 Å². The Bertz CT molecular complexity index is 501. The molecule has 0 unspecified atom stereocenters. The van der Waals surface area contributed by atoms with E-state index in [1.165, 1.54) is 6.07 Å². The summed E-state index contributed by atoms with van der Waals surface area (Å²) < 4.78 is 38.2. The lowest BCUT2D eigenvalue weighted by Gasteiger charge is -2.11. The Hall–Kier alpha value is -1.08. The van der Waals surface area contributed by atoms with Crippen LogP contribution < -0.4 is 10.6 Å². The van der Waals surface area contributed by atoms with Gasteiger partial charge in [0.25, 0.3) is 5.91 Å². The average molecular weight is 351 g/mol. The number of benzene rings is 1. The summed E-state index contributed by atoms with van der Waals surface area (Å²) in [4.78, 5) is 11.9. The first-order valence-electron chi connectivity index (χ1n) is 6.26. The van der Waals surface area contributed by atoms with Crippen LogP contribution in [0.3, 0.4) is 0 Å². The molecule has 1 aromatic carbocycles. The van der Waals surface area contributed by atoms with E-state index >= 15 is 0 Å². The third-order valence-electron chi connectivity index (χ3n) is 2.96. The third-order valence-corrected chi connectivity index (χ3v) is 3.65. The van der Waals surface area contributed by atoms with Gasteiger partial charge in [-0.3, -0.25) is 4.79 Å². The molecule has 0 radical (unpaired) electrons. The largest absolute Gasteiger partial charge is 0.416 e. The Morgan fingerprint density at radius 3 is 2.60 bits per heavy atom. The normalized spacial score (nSPS) is 15.2. The van der Waals surface area contributed by atoms with E-state index in [2.05, 4.69) is 26.6 Å². The first-order valence-corrected chi connectivity index (χ1v) is 7.05. The Morgan fingerprint density at radius 1 is 1.30 bits per heavy atom. The molecule has 0 bridgehead atoms. The van der Waals surface area contributed by atoms with E-state index in [9.17, 15) is 18.0 Å². The third kappa shape index (κ3) is 4.21. The second-order valence-electron chi connectivity index (χ2n) is 4.68. The van der Waals surface area contributed by atoms with Crippen molar-refractivity contribution in [3.63, 3.8) is 0 Å². The van der Waals surface area contributed by atoms with Crippen LogP contribution in [0.4, 0.5) is 13.2 Å².